The number of carbonyl (C=O) groups is 1. The van der Waals surface area contributed by atoms with Crippen LogP contribution in [0.4, 0.5) is 5.13 Å². The van der Waals surface area contributed by atoms with E-state index >= 15 is 0 Å². The number of anilines is 1. The van der Waals surface area contributed by atoms with Gasteiger partial charge in [-0.1, -0.05) is 5.16 Å². The fourth-order valence-electron chi connectivity index (χ4n) is 1.33. The lowest BCUT2D eigenvalue weighted by molar-refractivity contribution is -0.140. The molecule has 0 unspecified atom stereocenters. The molecule has 2 heterocycles. The van der Waals surface area contributed by atoms with Crippen LogP contribution in [0.25, 0.3) is 0 Å². The van der Waals surface area contributed by atoms with E-state index in [0.29, 0.717) is 19.4 Å². The molecule has 0 aliphatic rings. The molecule has 1 N–H and O–H groups in total. The molecule has 0 aromatic carbocycles. The number of nitrogens with one attached hydrogen (secondary N) is 1. The number of ether oxygens (including phenoxy) is 1. The van der Waals surface area contributed by atoms with Gasteiger partial charge in [0, 0.05) is 17.9 Å². The molecule has 6 nitrogen and oxygen atoms in total. The minimum Gasteiger partial charge on any atom is -0.469 e. The highest BCUT2D eigenvalue weighted by molar-refractivity contribution is 7.13. The molecule has 2 rings (SSSR count). The van der Waals surface area contributed by atoms with Gasteiger partial charge in [-0.3, -0.25) is 4.79 Å². The van der Waals surface area contributed by atoms with Gasteiger partial charge in [-0.2, -0.15) is 0 Å². The van der Waals surface area contributed by atoms with Crippen molar-refractivity contribution in [2.24, 2.45) is 0 Å². The number of hydrogen-bond donors (Lipinski definition) is 1. The van der Waals surface area contributed by atoms with Gasteiger partial charge in [0.25, 0.3) is 0 Å². The second-order valence-electron chi connectivity index (χ2n) is 3.55. The fraction of sp³-hybridized carbons (Fsp3) is 0.364. The van der Waals surface area contributed by atoms with E-state index in [4.69, 9.17) is 4.52 Å². The molecule has 0 amide bonds. The molecule has 0 saturated heterocycles. The third kappa shape index (κ3) is 3.56. The number of nitrogens with zero attached hydrogens (tertiary/aromatic N) is 2. The second kappa shape index (κ2) is 6.15. The van der Waals surface area contributed by atoms with Crippen LogP contribution in [0.5, 0.6) is 0 Å². The molecule has 0 bridgehead atoms. The van der Waals surface area contributed by atoms with Crippen molar-refractivity contribution >= 4 is 22.4 Å². The Hall–Kier alpha value is -1.89. The van der Waals surface area contributed by atoms with E-state index in [1.807, 2.05) is 5.38 Å². The molecule has 2 aromatic rings. The van der Waals surface area contributed by atoms with Crippen molar-refractivity contribution in [3.63, 3.8) is 0 Å². The summed E-state index contributed by atoms with van der Waals surface area (Å²) in [6, 6.07) is 1.79. The van der Waals surface area contributed by atoms with Gasteiger partial charge in [0.2, 0.25) is 0 Å². The molecule has 2 aromatic heterocycles. The van der Waals surface area contributed by atoms with Crippen LogP contribution >= 0.6 is 11.3 Å². The highest BCUT2D eigenvalue weighted by Gasteiger charge is 2.06. The van der Waals surface area contributed by atoms with E-state index in [1.54, 1.807) is 12.3 Å². The number of hydrogen-bond acceptors (Lipinski definition) is 7. The molecular weight excluding hydrogens is 254 g/mol. The Bertz CT molecular complexity index is 495. The molecule has 0 aliphatic carbocycles. The topological polar surface area (TPSA) is 77.2 Å². The fourth-order valence-corrected chi connectivity index (χ4v) is 2.07. The normalized spacial score (nSPS) is 10.3. The molecule has 0 atom stereocenters. The van der Waals surface area contributed by atoms with E-state index in [1.165, 1.54) is 18.4 Å². The van der Waals surface area contributed by atoms with Gasteiger partial charge in [0.15, 0.2) is 10.9 Å². The minimum absolute atomic E-state index is 0.223. The Kier molecular flexibility index (Phi) is 4.30. The van der Waals surface area contributed by atoms with Crippen LogP contribution in [-0.2, 0) is 22.5 Å². The Morgan fingerprint density at radius 3 is 3.22 bits per heavy atom. The van der Waals surface area contributed by atoms with Crippen LogP contribution in [0, 0.1) is 0 Å². The number of methoxy groups -OCH3 is 1. The zero-order valence-corrected chi connectivity index (χ0v) is 10.7. The first-order valence-corrected chi connectivity index (χ1v) is 6.30. The number of carbonyl (C=O) groups excluding carboxylic acids is 1. The van der Waals surface area contributed by atoms with Gasteiger partial charge in [-0.15, -0.1) is 11.3 Å². The molecule has 7 heteroatoms. The molecule has 0 aliphatic heterocycles. The van der Waals surface area contributed by atoms with Crippen molar-refractivity contribution in [1.82, 2.24) is 10.1 Å². The van der Waals surface area contributed by atoms with E-state index in [2.05, 4.69) is 20.2 Å². The summed E-state index contributed by atoms with van der Waals surface area (Å²) in [5, 5.41) is 9.46. The van der Waals surface area contributed by atoms with Crippen molar-refractivity contribution in [3.8, 4) is 0 Å². The van der Waals surface area contributed by atoms with Gasteiger partial charge < -0.3 is 14.6 Å². The number of aromatic nitrogens is 2. The second-order valence-corrected chi connectivity index (χ2v) is 4.41. The summed E-state index contributed by atoms with van der Waals surface area (Å²) >= 11 is 1.49. The maximum atomic E-state index is 11.0. The van der Waals surface area contributed by atoms with Gasteiger partial charge in [0.1, 0.15) is 0 Å². The third-order valence-corrected chi connectivity index (χ3v) is 3.12. The van der Waals surface area contributed by atoms with E-state index in [-0.39, 0.29) is 5.97 Å². The van der Waals surface area contributed by atoms with Gasteiger partial charge >= 0.3 is 5.97 Å². The number of rotatable bonds is 6. The number of esters is 1. The minimum atomic E-state index is -0.223. The third-order valence-electron chi connectivity index (χ3n) is 2.27. The molecule has 0 radical (unpaired) electrons. The summed E-state index contributed by atoms with van der Waals surface area (Å²) in [6.07, 6.45) is 2.54. The first kappa shape index (κ1) is 12.6. The standard InChI is InChI=1S/C11H13N3O3S/c1-16-10(15)3-2-8-7-18-11(14-8)12-6-9-4-5-13-17-9/h4-5,7H,2-3,6H2,1H3,(H,12,14). The van der Waals surface area contributed by atoms with Crippen molar-refractivity contribution < 1.29 is 14.1 Å². The molecule has 0 fully saturated rings. The summed E-state index contributed by atoms with van der Waals surface area (Å²) in [5.41, 5.74) is 0.880. The summed E-state index contributed by atoms with van der Waals surface area (Å²) < 4.78 is 9.54. The van der Waals surface area contributed by atoms with Gasteiger partial charge in [0.05, 0.1) is 32.0 Å². The molecular formula is C11H13N3O3S. The van der Waals surface area contributed by atoms with Crippen LogP contribution in [-0.4, -0.2) is 23.2 Å². The largest absolute Gasteiger partial charge is 0.469 e. The Labute approximate surface area is 108 Å². The van der Waals surface area contributed by atoms with Crippen LogP contribution in [0.15, 0.2) is 22.2 Å². The van der Waals surface area contributed by atoms with Crippen molar-refractivity contribution in [2.45, 2.75) is 19.4 Å². The predicted molar refractivity (Wildman–Crippen MR) is 66.3 cm³/mol. The lowest BCUT2D eigenvalue weighted by Crippen LogP contribution is -2.02. The summed E-state index contributed by atoms with van der Waals surface area (Å²) in [4.78, 5) is 15.3. The summed E-state index contributed by atoms with van der Waals surface area (Å²) in [5.74, 6) is 0.528. The highest BCUT2D eigenvalue weighted by Crippen LogP contribution is 2.17. The van der Waals surface area contributed by atoms with E-state index in [0.717, 1.165) is 16.6 Å². The van der Waals surface area contributed by atoms with Crippen LogP contribution in [0.3, 0.4) is 0 Å². The molecule has 0 spiro atoms. The highest BCUT2D eigenvalue weighted by atomic mass is 32.1. The quantitative estimate of drug-likeness (QED) is 0.805. The zero-order valence-electron chi connectivity index (χ0n) is 9.88. The Balaban J connectivity index is 1.80. The number of aryl methyl sites for hydroxylation is 1. The predicted octanol–water partition coefficient (Wildman–Crippen LogP) is 1.85. The lowest BCUT2D eigenvalue weighted by Gasteiger charge is -1.98. The van der Waals surface area contributed by atoms with Gasteiger partial charge in [-0.25, -0.2) is 4.98 Å². The van der Waals surface area contributed by atoms with Crippen molar-refractivity contribution in [3.05, 3.63) is 29.1 Å². The molecule has 18 heavy (non-hydrogen) atoms. The molecule has 96 valence electrons. The summed E-state index contributed by atoms with van der Waals surface area (Å²) in [6.45, 7) is 0.546. The smallest absolute Gasteiger partial charge is 0.305 e. The first-order chi connectivity index (χ1) is 8.78. The molecule has 0 saturated carbocycles. The number of thiazole rings is 1. The maximum Gasteiger partial charge on any atom is 0.305 e. The van der Waals surface area contributed by atoms with Crippen LogP contribution in [0.2, 0.25) is 0 Å². The van der Waals surface area contributed by atoms with Gasteiger partial charge in [-0.05, 0) is 0 Å². The van der Waals surface area contributed by atoms with Crippen molar-refractivity contribution in [2.75, 3.05) is 12.4 Å². The monoisotopic (exact) mass is 267 g/mol. The average molecular weight is 267 g/mol. The zero-order chi connectivity index (χ0) is 12.8. The van der Waals surface area contributed by atoms with Crippen LogP contribution < -0.4 is 5.32 Å². The van der Waals surface area contributed by atoms with E-state index < -0.39 is 0 Å². The van der Waals surface area contributed by atoms with Crippen LogP contribution in [0.1, 0.15) is 17.9 Å². The van der Waals surface area contributed by atoms with Crippen molar-refractivity contribution in [1.29, 1.82) is 0 Å². The Morgan fingerprint density at radius 2 is 2.50 bits per heavy atom. The summed E-state index contributed by atoms with van der Waals surface area (Å²) in [7, 11) is 1.38. The SMILES string of the molecule is COC(=O)CCc1csc(NCc2ccno2)n1. The average Bonchev–Trinajstić information content (AvgIpc) is 3.04. The lowest BCUT2D eigenvalue weighted by atomic mass is 10.2. The maximum absolute atomic E-state index is 11.0. The Morgan fingerprint density at radius 1 is 1.61 bits per heavy atom. The first-order valence-electron chi connectivity index (χ1n) is 5.42. The van der Waals surface area contributed by atoms with E-state index in [9.17, 15) is 4.79 Å².